The average molecular weight is 336 g/mol. The smallest absolute Gasteiger partial charge is 0.317 e. The summed E-state index contributed by atoms with van der Waals surface area (Å²) >= 11 is 5.93. The van der Waals surface area contributed by atoms with Crippen LogP contribution in [0.4, 0.5) is 10.5 Å². The van der Waals surface area contributed by atoms with E-state index in [4.69, 9.17) is 11.6 Å². The lowest BCUT2D eigenvalue weighted by atomic mass is 9.96. The maximum Gasteiger partial charge on any atom is 0.317 e. The van der Waals surface area contributed by atoms with Gasteiger partial charge in [-0.1, -0.05) is 11.6 Å². The third kappa shape index (κ3) is 4.16. The molecule has 1 aromatic rings. The SMILES string of the molecule is Cc1cc(Cl)ccc1NC(=O)C1CCN(C(=O)NC2CC2)CC1. The molecule has 2 fully saturated rings. The lowest BCUT2D eigenvalue weighted by molar-refractivity contribution is -0.121. The van der Waals surface area contributed by atoms with Crippen LogP contribution >= 0.6 is 11.6 Å². The number of carbonyl (C=O) groups excluding carboxylic acids is 2. The maximum absolute atomic E-state index is 12.4. The van der Waals surface area contributed by atoms with Crippen LogP contribution in [0.2, 0.25) is 5.02 Å². The first-order chi connectivity index (χ1) is 11.0. The van der Waals surface area contributed by atoms with Gasteiger partial charge in [-0.05, 0) is 56.4 Å². The quantitative estimate of drug-likeness (QED) is 0.891. The average Bonchev–Trinajstić information content (AvgIpc) is 3.34. The molecule has 1 saturated carbocycles. The summed E-state index contributed by atoms with van der Waals surface area (Å²) in [6, 6.07) is 5.82. The molecule has 0 bridgehead atoms. The van der Waals surface area contributed by atoms with E-state index in [0.29, 0.717) is 37.0 Å². The molecule has 6 heteroatoms. The number of nitrogens with one attached hydrogen (secondary N) is 2. The van der Waals surface area contributed by atoms with Crippen molar-refractivity contribution in [1.29, 1.82) is 0 Å². The van der Waals surface area contributed by atoms with Crippen LogP contribution in [0.3, 0.4) is 0 Å². The Morgan fingerprint density at radius 3 is 2.48 bits per heavy atom. The summed E-state index contributed by atoms with van der Waals surface area (Å²) < 4.78 is 0. The summed E-state index contributed by atoms with van der Waals surface area (Å²) in [4.78, 5) is 26.2. The Morgan fingerprint density at radius 2 is 1.87 bits per heavy atom. The molecule has 1 heterocycles. The van der Waals surface area contributed by atoms with Gasteiger partial charge in [0.1, 0.15) is 0 Å². The number of amides is 3. The Bertz CT molecular complexity index is 608. The predicted molar refractivity (Wildman–Crippen MR) is 90.7 cm³/mol. The Morgan fingerprint density at radius 1 is 1.17 bits per heavy atom. The van der Waals surface area contributed by atoms with Gasteiger partial charge in [0.05, 0.1) is 0 Å². The third-order valence-corrected chi connectivity index (χ3v) is 4.74. The van der Waals surface area contributed by atoms with E-state index in [1.54, 1.807) is 6.07 Å². The number of likely N-dealkylation sites (tertiary alicyclic amines) is 1. The molecule has 2 aliphatic rings. The summed E-state index contributed by atoms with van der Waals surface area (Å²) in [5.74, 6) is -0.0206. The fourth-order valence-corrected chi connectivity index (χ4v) is 3.07. The fraction of sp³-hybridized carbons (Fsp3) is 0.529. The largest absolute Gasteiger partial charge is 0.335 e. The first-order valence-corrected chi connectivity index (χ1v) is 8.53. The van der Waals surface area contributed by atoms with Crippen LogP contribution in [0.25, 0.3) is 0 Å². The second kappa shape index (κ2) is 6.79. The predicted octanol–water partition coefficient (Wildman–Crippen LogP) is 3.17. The molecule has 1 saturated heterocycles. The van der Waals surface area contributed by atoms with Gasteiger partial charge in [0.2, 0.25) is 5.91 Å². The van der Waals surface area contributed by atoms with Gasteiger partial charge < -0.3 is 15.5 Å². The topological polar surface area (TPSA) is 61.4 Å². The summed E-state index contributed by atoms with van der Waals surface area (Å²) in [5.41, 5.74) is 1.75. The van der Waals surface area contributed by atoms with Gasteiger partial charge in [0, 0.05) is 35.8 Å². The molecule has 0 radical (unpaired) electrons. The number of aryl methyl sites for hydroxylation is 1. The molecule has 3 rings (SSSR count). The number of anilines is 1. The molecule has 1 aliphatic heterocycles. The van der Waals surface area contributed by atoms with Crippen molar-refractivity contribution in [3.8, 4) is 0 Å². The molecule has 5 nitrogen and oxygen atoms in total. The second-order valence-corrected chi connectivity index (χ2v) is 6.87. The Balaban J connectivity index is 1.50. The number of piperidine rings is 1. The van der Waals surface area contributed by atoms with Gasteiger partial charge in [-0.25, -0.2) is 4.79 Å². The van der Waals surface area contributed by atoms with Crippen molar-refractivity contribution < 1.29 is 9.59 Å². The van der Waals surface area contributed by atoms with Crippen LogP contribution in [0, 0.1) is 12.8 Å². The van der Waals surface area contributed by atoms with E-state index in [2.05, 4.69) is 10.6 Å². The molecule has 1 aromatic carbocycles. The number of benzene rings is 1. The maximum atomic E-state index is 12.4. The first kappa shape index (κ1) is 16.1. The van der Waals surface area contributed by atoms with Gasteiger partial charge in [0.25, 0.3) is 0 Å². The normalized spacial score (nSPS) is 18.6. The Hall–Kier alpha value is -1.75. The number of rotatable bonds is 3. The summed E-state index contributed by atoms with van der Waals surface area (Å²) in [7, 11) is 0. The van der Waals surface area contributed by atoms with E-state index >= 15 is 0 Å². The van der Waals surface area contributed by atoms with E-state index in [0.717, 1.165) is 24.1 Å². The monoisotopic (exact) mass is 335 g/mol. The van der Waals surface area contributed by atoms with Gasteiger partial charge >= 0.3 is 6.03 Å². The van der Waals surface area contributed by atoms with Crippen LogP contribution in [-0.4, -0.2) is 36.0 Å². The summed E-state index contributed by atoms with van der Waals surface area (Å²) in [6.45, 7) is 3.19. The highest BCUT2D eigenvalue weighted by Gasteiger charge is 2.30. The number of hydrogen-bond donors (Lipinski definition) is 2. The minimum absolute atomic E-state index is 0.0138. The van der Waals surface area contributed by atoms with Gasteiger partial charge in [-0.3, -0.25) is 4.79 Å². The highest BCUT2D eigenvalue weighted by molar-refractivity contribution is 6.30. The first-order valence-electron chi connectivity index (χ1n) is 8.15. The number of hydrogen-bond acceptors (Lipinski definition) is 2. The van der Waals surface area contributed by atoms with Gasteiger partial charge in [0.15, 0.2) is 0 Å². The minimum Gasteiger partial charge on any atom is -0.335 e. The molecule has 124 valence electrons. The van der Waals surface area contributed by atoms with Crippen molar-refractivity contribution >= 4 is 29.2 Å². The molecule has 3 amide bonds. The van der Waals surface area contributed by atoms with E-state index in [1.807, 2.05) is 24.0 Å². The molecule has 0 spiro atoms. The zero-order valence-electron chi connectivity index (χ0n) is 13.3. The highest BCUT2D eigenvalue weighted by atomic mass is 35.5. The third-order valence-electron chi connectivity index (χ3n) is 4.50. The zero-order valence-corrected chi connectivity index (χ0v) is 14.0. The number of carbonyl (C=O) groups is 2. The summed E-state index contributed by atoms with van der Waals surface area (Å²) in [5, 5.41) is 6.63. The molecular weight excluding hydrogens is 314 g/mol. The molecule has 2 N–H and O–H groups in total. The van der Waals surface area contributed by atoms with E-state index in [-0.39, 0.29) is 17.9 Å². The zero-order chi connectivity index (χ0) is 16.4. The minimum atomic E-state index is -0.0462. The van der Waals surface area contributed by atoms with E-state index in [1.165, 1.54) is 0 Å². The number of nitrogens with zero attached hydrogens (tertiary/aromatic N) is 1. The fourth-order valence-electron chi connectivity index (χ4n) is 2.84. The van der Waals surface area contributed by atoms with E-state index in [9.17, 15) is 9.59 Å². The van der Waals surface area contributed by atoms with Crippen LogP contribution in [0.1, 0.15) is 31.2 Å². The molecule has 1 aliphatic carbocycles. The lowest BCUT2D eigenvalue weighted by Crippen LogP contribution is -2.46. The van der Waals surface area contributed by atoms with Crippen molar-refractivity contribution in [3.63, 3.8) is 0 Å². The summed E-state index contributed by atoms with van der Waals surface area (Å²) in [6.07, 6.45) is 3.59. The van der Waals surface area contributed by atoms with Crippen LogP contribution < -0.4 is 10.6 Å². The lowest BCUT2D eigenvalue weighted by Gasteiger charge is -2.31. The molecule has 23 heavy (non-hydrogen) atoms. The van der Waals surface area contributed by atoms with E-state index < -0.39 is 0 Å². The number of urea groups is 1. The Kier molecular flexibility index (Phi) is 4.76. The van der Waals surface area contributed by atoms with Crippen molar-refractivity contribution in [2.24, 2.45) is 5.92 Å². The van der Waals surface area contributed by atoms with Crippen LogP contribution in [-0.2, 0) is 4.79 Å². The van der Waals surface area contributed by atoms with Crippen molar-refractivity contribution in [2.75, 3.05) is 18.4 Å². The highest BCUT2D eigenvalue weighted by Crippen LogP contribution is 2.24. The van der Waals surface area contributed by atoms with Crippen molar-refractivity contribution in [1.82, 2.24) is 10.2 Å². The molecule has 0 atom stereocenters. The van der Waals surface area contributed by atoms with Gasteiger partial charge in [-0.2, -0.15) is 0 Å². The molecular formula is C17H22ClN3O2. The van der Waals surface area contributed by atoms with Crippen LogP contribution in [0.5, 0.6) is 0 Å². The van der Waals surface area contributed by atoms with Crippen molar-refractivity contribution in [2.45, 2.75) is 38.6 Å². The van der Waals surface area contributed by atoms with Crippen molar-refractivity contribution in [3.05, 3.63) is 28.8 Å². The molecule has 0 aromatic heterocycles. The van der Waals surface area contributed by atoms with Crippen LogP contribution in [0.15, 0.2) is 18.2 Å². The second-order valence-electron chi connectivity index (χ2n) is 6.43. The van der Waals surface area contributed by atoms with Gasteiger partial charge in [-0.15, -0.1) is 0 Å². The Labute approximate surface area is 141 Å². The molecule has 0 unspecified atom stereocenters. The number of halogens is 1. The standard InChI is InChI=1S/C17H22ClN3O2/c1-11-10-13(18)2-5-15(11)20-16(22)12-6-8-21(9-7-12)17(23)19-14-3-4-14/h2,5,10,12,14H,3-4,6-9H2,1H3,(H,19,23)(H,20,22).